The van der Waals surface area contributed by atoms with E-state index in [0.717, 1.165) is 0 Å². The van der Waals surface area contributed by atoms with E-state index in [2.05, 4.69) is 20.4 Å². The van der Waals surface area contributed by atoms with Crippen LogP contribution in [0.2, 0.25) is 0 Å². The highest BCUT2D eigenvalue weighted by Gasteiger charge is 2.17. The molecule has 2 heterocycles. The Hall–Kier alpha value is -3.62. The molecule has 1 amide bonds. The quantitative estimate of drug-likeness (QED) is 0.634. The highest BCUT2D eigenvalue weighted by atomic mass is 16.5. The smallest absolute Gasteiger partial charge is 0.254 e. The van der Waals surface area contributed by atoms with Gasteiger partial charge in [0.2, 0.25) is 0 Å². The van der Waals surface area contributed by atoms with Crippen LogP contribution in [0.4, 0.5) is 17.2 Å². The Bertz CT molecular complexity index is 1050. The zero-order valence-corrected chi connectivity index (χ0v) is 14.1. The number of aromatic nitrogens is 4. The first-order valence-corrected chi connectivity index (χ1v) is 7.56. The number of carbonyl (C=O) groups is 1. The summed E-state index contributed by atoms with van der Waals surface area (Å²) in [6.45, 7) is -2.64. The summed E-state index contributed by atoms with van der Waals surface area (Å²) in [4.78, 5) is 20.5. The summed E-state index contributed by atoms with van der Waals surface area (Å²) >= 11 is 0. The number of hydrogen-bond acceptors (Lipinski definition) is 7. The van der Waals surface area contributed by atoms with E-state index in [0.29, 0.717) is 22.8 Å². The number of aryl methyl sites for hydroxylation is 1. The lowest BCUT2D eigenvalue weighted by Gasteiger charge is -2.16. The SMILES string of the molecule is [2H]C([2H])([2H])NC(=O)c1cnc(N)cc1Nc1cccc(-c2ncn(C)n2)c1OC. The molecule has 3 aromatic rings. The summed E-state index contributed by atoms with van der Waals surface area (Å²) < 4.78 is 28.8. The standard InChI is InChI=1S/C17H19N7O2/c1-19-17(25)11-8-20-14(18)7-13(11)22-12-6-4-5-10(15(12)26-3)16-21-9-24(2)23-16/h4-9H,1-3H3,(H,19,25)(H3,18,20,22)/i1D3. The molecule has 0 radical (unpaired) electrons. The summed E-state index contributed by atoms with van der Waals surface area (Å²) in [5.41, 5.74) is 7.17. The van der Waals surface area contributed by atoms with Crippen LogP contribution >= 0.6 is 0 Å². The minimum Gasteiger partial charge on any atom is -0.494 e. The number of amides is 1. The lowest BCUT2D eigenvalue weighted by atomic mass is 10.1. The molecule has 3 rings (SSSR count). The first kappa shape index (κ1) is 13.6. The second kappa shape index (κ2) is 7.09. The van der Waals surface area contributed by atoms with Crippen molar-refractivity contribution >= 4 is 23.1 Å². The predicted octanol–water partition coefficient (Wildman–Crippen LogP) is 1.57. The van der Waals surface area contributed by atoms with Crippen molar-refractivity contribution in [1.82, 2.24) is 25.1 Å². The highest BCUT2D eigenvalue weighted by molar-refractivity contribution is 6.00. The fraction of sp³-hybridized carbons (Fsp3) is 0.176. The number of anilines is 3. The zero-order chi connectivity index (χ0) is 21.2. The molecule has 0 aliphatic heterocycles. The van der Waals surface area contributed by atoms with Crippen LogP contribution < -0.4 is 21.1 Å². The Kier molecular flexibility index (Phi) is 3.72. The molecule has 0 saturated carbocycles. The predicted molar refractivity (Wildman–Crippen MR) is 98.3 cm³/mol. The van der Waals surface area contributed by atoms with Gasteiger partial charge >= 0.3 is 0 Å². The van der Waals surface area contributed by atoms with Gasteiger partial charge < -0.3 is 21.1 Å². The van der Waals surface area contributed by atoms with Crippen LogP contribution in [0.1, 0.15) is 14.5 Å². The second-order valence-corrected chi connectivity index (χ2v) is 5.36. The van der Waals surface area contributed by atoms with Crippen LogP contribution in [0.3, 0.4) is 0 Å². The minimum absolute atomic E-state index is 0.0127. The molecular weight excluding hydrogens is 334 g/mol. The molecule has 0 spiro atoms. The number of methoxy groups -OCH3 is 1. The maximum absolute atomic E-state index is 12.4. The third-order valence-corrected chi connectivity index (χ3v) is 3.61. The highest BCUT2D eigenvalue weighted by Crippen LogP contribution is 2.37. The molecule has 1 aromatic carbocycles. The Morgan fingerprint density at radius 2 is 2.19 bits per heavy atom. The van der Waals surface area contributed by atoms with Gasteiger partial charge in [0.1, 0.15) is 12.1 Å². The van der Waals surface area contributed by atoms with Crippen LogP contribution in [0.5, 0.6) is 5.75 Å². The number of benzene rings is 1. The lowest BCUT2D eigenvalue weighted by Crippen LogP contribution is -2.19. The van der Waals surface area contributed by atoms with Crippen molar-refractivity contribution in [2.75, 3.05) is 25.1 Å². The van der Waals surface area contributed by atoms with E-state index in [1.807, 2.05) is 5.32 Å². The van der Waals surface area contributed by atoms with Crippen LogP contribution in [0.25, 0.3) is 11.4 Å². The van der Waals surface area contributed by atoms with Gasteiger partial charge in [-0.2, -0.15) is 5.10 Å². The number of nitrogens with zero attached hydrogens (tertiary/aromatic N) is 4. The molecule has 9 heteroatoms. The van der Waals surface area contributed by atoms with Crippen molar-refractivity contribution in [2.24, 2.45) is 7.05 Å². The summed E-state index contributed by atoms with van der Waals surface area (Å²) in [6.07, 6.45) is 2.77. The van der Waals surface area contributed by atoms with Gasteiger partial charge in [0.15, 0.2) is 11.6 Å². The minimum atomic E-state index is -2.64. The second-order valence-electron chi connectivity index (χ2n) is 5.36. The molecule has 26 heavy (non-hydrogen) atoms. The van der Waals surface area contributed by atoms with Crippen LogP contribution in [0.15, 0.2) is 36.8 Å². The summed E-state index contributed by atoms with van der Waals surface area (Å²) in [6, 6.07) is 6.72. The average molecular weight is 356 g/mol. The van der Waals surface area contributed by atoms with Gasteiger partial charge in [0.25, 0.3) is 5.91 Å². The van der Waals surface area contributed by atoms with E-state index in [4.69, 9.17) is 14.6 Å². The third kappa shape index (κ3) is 3.27. The number of carbonyl (C=O) groups excluding carboxylic acids is 1. The monoisotopic (exact) mass is 356 g/mol. The fourth-order valence-electron chi connectivity index (χ4n) is 2.46. The molecule has 0 unspecified atom stereocenters. The molecule has 9 nitrogen and oxygen atoms in total. The number of hydrogen-bond donors (Lipinski definition) is 3. The molecule has 0 fully saturated rings. The van der Waals surface area contributed by atoms with Gasteiger partial charge in [0, 0.05) is 30.4 Å². The summed E-state index contributed by atoms with van der Waals surface area (Å²) in [5, 5.41) is 9.28. The van der Waals surface area contributed by atoms with Crippen molar-refractivity contribution in [3.63, 3.8) is 0 Å². The van der Waals surface area contributed by atoms with Gasteiger partial charge in [0.05, 0.1) is 29.6 Å². The van der Waals surface area contributed by atoms with Gasteiger partial charge in [-0.15, -0.1) is 0 Å². The number of nitrogens with one attached hydrogen (secondary N) is 2. The number of pyridine rings is 1. The van der Waals surface area contributed by atoms with E-state index in [9.17, 15) is 4.79 Å². The van der Waals surface area contributed by atoms with E-state index in [-0.39, 0.29) is 17.1 Å². The molecule has 2 aromatic heterocycles. The average Bonchev–Trinajstić information content (AvgIpc) is 3.06. The molecule has 4 N–H and O–H groups in total. The topological polar surface area (TPSA) is 120 Å². The first-order chi connectivity index (χ1) is 13.7. The number of ether oxygens (including phenoxy) is 1. The Morgan fingerprint density at radius 1 is 1.35 bits per heavy atom. The maximum atomic E-state index is 12.4. The normalized spacial score (nSPS) is 12.6. The Morgan fingerprint density at radius 3 is 2.88 bits per heavy atom. The maximum Gasteiger partial charge on any atom is 0.254 e. The van der Waals surface area contributed by atoms with Crippen molar-refractivity contribution < 1.29 is 13.6 Å². The molecule has 0 aliphatic rings. The van der Waals surface area contributed by atoms with Crippen molar-refractivity contribution in [3.8, 4) is 17.1 Å². The Balaban J connectivity index is 2.02. The lowest BCUT2D eigenvalue weighted by molar-refractivity contribution is 0.0963. The van der Waals surface area contributed by atoms with E-state index < -0.39 is 12.9 Å². The summed E-state index contributed by atoms with van der Waals surface area (Å²) in [7, 11) is 3.25. The molecule has 134 valence electrons. The van der Waals surface area contributed by atoms with E-state index in [1.165, 1.54) is 19.4 Å². The molecular formula is C17H19N7O2. The number of para-hydroxylation sites is 1. The summed E-state index contributed by atoms with van der Waals surface area (Å²) in [5.74, 6) is 0.236. The van der Waals surface area contributed by atoms with Gasteiger partial charge in [-0.25, -0.2) is 9.97 Å². The van der Waals surface area contributed by atoms with Gasteiger partial charge in [-0.3, -0.25) is 9.48 Å². The van der Waals surface area contributed by atoms with Crippen LogP contribution in [-0.4, -0.2) is 39.7 Å². The first-order valence-electron chi connectivity index (χ1n) is 9.06. The molecule has 0 bridgehead atoms. The van der Waals surface area contributed by atoms with Crippen molar-refractivity contribution in [1.29, 1.82) is 0 Å². The molecule has 0 aliphatic carbocycles. The molecule has 0 saturated heterocycles. The van der Waals surface area contributed by atoms with E-state index >= 15 is 0 Å². The van der Waals surface area contributed by atoms with Crippen molar-refractivity contribution in [2.45, 2.75) is 0 Å². The zero-order valence-electron chi connectivity index (χ0n) is 17.1. The van der Waals surface area contributed by atoms with Crippen LogP contribution in [0, 0.1) is 0 Å². The van der Waals surface area contributed by atoms with Crippen LogP contribution in [-0.2, 0) is 7.05 Å². The fourth-order valence-corrected chi connectivity index (χ4v) is 2.46. The third-order valence-electron chi connectivity index (χ3n) is 3.61. The largest absolute Gasteiger partial charge is 0.494 e. The number of rotatable bonds is 5. The van der Waals surface area contributed by atoms with Gasteiger partial charge in [-0.05, 0) is 12.1 Å². The molecule has 0 atom stereocenters. The van der Waals surface area contributed by atoms with Crippen molar-refractivity contribution in [3.05, 3.63) is 42.4 Å². The van der Waals surface area contributed by atoms with Gasteiger partial charge in [-0.1, -0.05) is 6.07 Å². The van der Waals surface area contributed by atoms with E-state index in [1.54, 1.807) is 36.3 Å². The number of nitrogens with two attached hydrogens (primary N) is 1. The number of nitrogen functional groups attached to an aromatic ring is 1. The Labute approximate surface area is 154 Å².